The van der Waals surface area contributed by atoms with E-state index in [1.54, 1.807) is 23.4 Å². The zero-order valence-corrected chi connectivity index (χ0v) is 15.1. The van der Waals surface area contributed by atoms with Crippen molar-refractivity contribution in [3.8, 4) is 0 Å². The van der Waals surface area contributed by atoms with Crippen molar-refractivity contribution in [3.63, 3.8) is 0 Å². The predicted octanol–water partition coefficient (Wildman–Crippen LogP) is 1.05. The second-order valence-electron chi connectivity index (χ2n) is 6.77. The van der Waals surface area contributed by atoms with E-state index in [0.717, 1.165) is 17.0 Å². The molecule has 3 aromatic heterocycles. The summed E-state index contributed by atoms with van der Waals surface area (Å²) in [5, 5.41) is 13.6. The van der Waals surface area contributed by atoms with E-state index < -0.39 is 6.10 Å². The number of amides is 1. The van der Waals surface area contributed by atoms with E-state index in [1.165, 1.54) is 0 Å². The van der Waals surface area contributed by atoms with Gasteiger partial charge in [-0.05, 0) is 31.5 Å². The monoisotopic (exact) mass is 366 g/mol. The van der Waals surface area contributed by atoms with Crippen LogP contribution >= 0.6 is 0 Å². The van der Waals surface area contributed by atoms with Gasteiger partial charge in [0.15, 0.2) is 0 Å². The number of nitrogens with zero attached hydrogens (tertiary/aromatic N) is 5. The Morgan fingerprint density at radius 2 is 2.11 bits per heavy atom. The van der Waals surface area contributed by atoms with Gasteiger partial charge in [0.2, 0.25) is 11.9 Å². The second-order valence-corrected chi connectivity index (χ2v) is 6.77. The Hall–Kier alpha value is -3.00. The van der Waals surface area contributed by atoms with Gasteiger partial charge in [0, 0.05) is 31.7 Å². The zero-order valence-electron chi connectivity index (χ0n) is 15.1. The first-order valence-electron chi connectivity index (χ1n) is 9.04. The molecule has 4 heterocycles. The molecule has 27 heavy (non-hydrogen) atoms. The molecule has 3 aromatic rings. The minimum absolute atomic E-state index is 0.00258. The number of carbonyl (C=O) groups excluding carboxylic acids is 1. The van der Waals surface area contributed by atoms with Crippen molar-refractivity contribution in [1.29, 1.82) is 0 Å². The topological polar surface area (TPSA) is 95.7 Å². The number of aliphatic hydroxyl groups is 1. The van der Waals surface area contributed by atoms with Crippen molar-refractivity contribution in [2.75, 3.05) is 18.4 Å². The maximum atomic E-state index is 12.8. The molecule has 4 rings (SSSR count). The SMILES string of the molecule is Cc1nc2ccccn2c1CC(=O)N1CC[C@@H](Nc2ncccn2)[C@H](O)C1. The lowest BCUT2D eigenvalue weighted by atomic mass is 10.0. The second kappa shape index (κ2) is 7.32. The number of imidazole rings is 1. The van der Waals surface area contributed by atoms with Gasteiger partial charge in [0.25, 0.3) is 0 Å². The van der Waals surface area contributed by atoms with Crippen LogP contribution in [0.3, 0.4) is 0 Å². The van der Waals surface area contributed by atoms with E-state index in [0.29, 0.717) is 25.5 Å². The minimum Gasteiger partial charge on any atom is -0.389 e. The molecule has 8 nitrogen and oxygen atoms in total. The molecule has 0 spiro atoms. The molecule has 2 N–H and O–H groups in total. The number of aromatic nitrogens is 4. The fraction of sp³-hybridized carbons (Fsp3) is 0.368. The molecule has 140 valence electrons. The molecule has 0 bridgehead atoms. The number of hydrogen-bond donors (Lipinski definition) is 2. The quantitative estimate of drug-likeness (QED) is 0.717. The van der Waals surface area contributed by atoms with Crippen LogP contribution in [0.25, 0.3) is 5.65 Å². The molecule has 1 fully saturated rings. The van der Waals surface area contributed by atoms with Crippen LogP contribution in [0, 0.1) is 6.92 Å². The van der Waals surface area contributed by atoms with Gasteiger partial charge in [-0.1, -0.05) is 6.07 Å². The summed E-state index contributed by atoms with van der Waals surface area (Å²) in [6, 6.07) is 7.35. The van der Waals surface area contributed by atoms with E-state index in [2.05, 4.69) is 20.3 Å². The highest BCUT2D eigenvalue weighted by molar-refractivity contribution is 5.79. The van der Waals surface area contributed by atoms with Crippen LogP contribution < -0.4 is 5.32 Å². The minimum atomic E-state index is -0.671. The molecule has 0 unspecified atom stereocenters. The molecule has 1 aliphatic rings. The molecule has 0 aromatic carbocycles. The molecular weight excluding hydrogens is 344 g/mol. The summed E-state index contributed by atoms with van der Waals surface area (Å²) in [5.74, 6) is 0.486. The van der Waals surface area contributed by atoms with E-state index in [9.17, 15) is 9.90 Å². The summed E-state index contributed by atoms with van der Waals surface area (Å²) in [6.45, 7) is 2.79. The first-order valence-corrected chi connectivity index (χ1v) is 9.04. The summed E-state index contributed by atoms with van der Waals surface area (Å²) < 4.78 is 1.95. The Morgan fingerprint density at radius 1 is 1.30 bits per heavy atom. The molecule has 1 amide bonds. The van der Waals surface area contributed by atoms with Crippen molar-refractivity contribution in [2.24, 2.45) is 0 Å². The standard InChI is InChI=1S/C19H22N6O2/c1-13-15(25-9-3-2-5-17(25)22-13)11-18(27)24-10-6-14(16(26)12-24)23-19-20-7-4-8-21-19/h2-5,7-9,14,16,26H,6,10-12H2,1H3,(H,20,21,23)/t14-,16-/m1/s1. The van der Waals surface area contributed by atoms with Crippen LogP contribution in [0.4, 0.5) is 5.95 Å². The molecule has 0 radical (unpaired) electrons. The van der Waals surface area contributed by atoms with Gasteiger partial charge < -0.3 is 19.7 Å². The van der Waals surface area contributed by atoms with Gasteiger partial charge in [-0.25, -0.2) is 15.0 Å². The van der Waals surface area contributed by atoms with E-state index >= 15 is 0 Å². The van der Waals surface area contributed by atoms with Crippen LogP contribution in [0.5, 0.6) is 0 Å². The third-order valence-corrected chi connectivity index (χ3v) is 4.96. The highest BCUT2D eigenvalue weighted by atomic mass is 16.3. The van der Waals surface area contributed by atoms with Gasteiger partial charge >= 0.3 is 0 Å². The first-order chi connectivity index (χ1) is 13.1. The maximum Gasteiger partial charge on any atom is 0.228 e. The molecule has 8 heteroatoms. The number of hydrogen-bond acceptors (Lipinski definition) is 6. The van der Waals surface area contributed by atoms with Crippen LogP contribution in [0.15, 0.2) is 42.9 Å². The van der Waals surface area contributed by atoms with Crippen molar-refractivity contribution in [3.05, 3.63) is 54.2 Å². The molecule has 1 saturated heterocycles. The summed E-state index contributed by atoms with van der Waals surface area (Å²) in [5.41, 5.74) is 2.58. The number of nitrogens with one attached hydrogen (secondary N) is 1. The van der Waals surface area contributed by atoms with Crippen LogP contribution in [0.1, 0.15) is 17.8 Å². The Morgan fingerprint density at radius 3 is 2.89 bits per heavy atom. The number of fused-ring (bicyclic) bond motifs is 1. The van der Waals surface area contributed by atoms with Crippen LogP contribution in [0.2, 0.25) is 0 Å². The van der Waals surface area contributed by atoms with E-state index in [4.69, 9.17) is 0 Å². The lowest BCUT2D eigenvalue weighted by Gasteiger charge is -2.36. The number of aryl methyl sites for hydroxylation is 1. The third-order valence-electron chi connectivity index (χ3n) is 4.96. The summed E-state index contributed by atoms with van der Waals surface area (Å²) in [4.78, 5) is 27.3. The highest BCUT2D eigenvalue weighted by Crippen LogP contribution is 2.18. The fourth-order valence-electron chi connectivity index (χ4n) is 3.50. The summed E-state index contributed by atoms with van der Waals surface area (Å²) >= 11 is 0. The Bertz CT molecular complexity index is 942. The van der Waals surface area contributed by atoms with Crippen LogP contribution in [-0.4, -0.2) is 60.5 Å². The zero-order chi connectivity index (χ0) is 18.8. The Kier molecular flexibility index (Phi) is 4.72. The van der Waals surface area contributed by atoms with Crippen LogP contribution in [-0.2, 0) is 11.2 Å². The molecule has 0 aliphatic carbocycles. The van der Waals surface area contributed by atoms with Gasteiger partial charge in [-0.15, -0.1) is 0 Å². The average molecular weight is 366 g/mol. The smallest absolute Gasteiger partial charge is 0.228 e. The number of aliphatic hydroxyl groups excluding tert-OH is 1. The highest BCUT2D eigenvalue weighted by Gasteiger charge is 2.31. The predicted molar refractivity (Wildman–Crippen MR) is 100 cm³/mol. The Labute approximate surface area is 156 Å². The van der Waals surface area contributed by atoms with Crippen molar-refractivity contribution in [2.45, 2.75) is 31.9 Å². The number of β-amino-alcohol motifs (C(OH)–C–C–N with tert-alkyl or cyclic N) is 1. The normalized spacial score (nSPS) is 20.0. The number of rotatable bonds is 4. The lowest BCUT2D eigenvalue weighted by molar-refractivity contribution is -0.133. The number of carbonyl (C=O) groups is 1. The van der Waals surface area contributed by atoms with Crippen molar-refractivity contribution in [1.82, 2.24) is 24.3 Å². The van der Waals surface area contributed by atoms with Gasteiger partial charge in [-0.2, -0.15) is 0 Å². The Balaban J connectivity index is 1.41. The van der Waals surface area contributed by atoms with E-state index in [1.807, 2.05) is 35.7 Å². The van der Waals surface area contributed by atoms with E-state index in [-0.39, 0.29) is 18.4 Å². The number of piperidine rings is 1. The third kappa shape index (κ3) is 3.61. The molecule has 1 aliphatic heterocycles. The maximum absolute atomic E-state index is 12.8. The van der Waals surface area contributed by atoms with Crippen molar-refractivity contribution >= 4 is 17.5 Å². The number of anilines is 1. The number of pyridine rings is 1. The fourth-order valence-corrected chi connectivity index (χ4v) is 3.50. The first kappa shape index (κ1) is 17.4. The molecule has 2 atom stereocenters. The number of likely N-dealkylation sites (tertiary alicyclic amines) is 1. The lowest BCUT2D eigenvalue weighted by Crippen LogP contribution is -2.52. The summed E-state index contributed by atoms with van der Waals surface area (Å²) in [6.07, 6.45) is 5.45. The van der Waals surface area contributed by atoms with Gasteiger partial charge in [-0.3, -0.25) is 4.79 Å². The average Bonchev–Trinajstić information content (AvgIpc) is 2.99. The largest absolute Gasteiger partial charge is 0.389 e. The van der Waals surface area contributed by atoms with Gasteiger partial charge in [0.05, 0.1) is 30.0 Å². The van der Waals surface area contributed by atoms with Gasteiger partial charge in [0.1, 0.15) is 5.65 Å². The molecule has 0 saturated carbocycles. The molecular formula is C19H22N6O2. The van der Waals surface area contributed by atoms with Crippen molar-refractivity contribution < 1.29 is 9.90 Å². The summed E-state index contributed by atoms with van der Waals surface area (Å²) in [7, 11) is 0.